The van der Waals surface area contributed by atoms with E-state index in [1.165, 1.54) is 21.5 Å². The summed E-state index contributed by atoms with van der Waals surface area (Å²) in [7, 11) is 1.65. The normalized spacial score (nSPS) is 24.8. The number of hydrazone groups is 1. The quantitative estimate of drug-likeness (QED) is 0.549. The van der Waals surface area contributed by atoms with Gasteiger partial charge in [0.15, 0.2) is 0 Å². The average molecular weight is 392 g/mol. The van der Waals surface area contributed by atoms with E-state index in [1.54, 1.807) is 7.11 Å². The zero-order valence-corrected chi connectivity index (χ0v) is 16.3. The van der Waals surface area contributed by atoms with E-state index >= 15 is 0 Å². The molecule has 28 heavy (non-hydrogen) atoms. The van der Waals surface area contributed by atoms with Gasteiger partial charge < -0.3 is 21.3 Å². The lowest BCUT2D eigenvalue weighted by atomic mass is 9.91. The number of hydrogen-bond donors (Lipinski definition) is 3. The van der Waals surface area contributed by atoms with Crippen LogP contribution >= 0.6 is 11.3 Å². The summed E-state index contributed by atoms with van der Waals surface area (Å²) in [6.45, 7) is 0. The number of nitrogens with zero attached hydrogens (tertiary/aromatic N) is 2. The number of benzene rings is 1. The van der Waals surface area contributed by atoms with E-state index in [9.17, 15) is 0 Å². The number of fused-ring (bicyclic) bond motifs is 3. The van der Waals surface area contributed by atoms with E-state index in [0.29, 0.717) is 23.4 Å². The van der Waals surface area contributed by atoms with Gasteiger partial charge in [-0.25, -0.2) is 4.99 Å². The highest BCUT2D eigenvalue weighted by molar-refractivity contribution is 7.12. The monoisotopic (exact) mass is 391 g/mol. The van der Waals surface area contributed by atoms with Gasteiger partial charge in [-0.15, -0.1) is 11.3 Å². The molecule has 4 N–H and O–H groups in total. The van der Waals surface area contributed by atoms with E-state index in [1.807, 2.05) is 35.8 Å². The van der Waals surface area contributed by atoms with Gasteiger partial charge in [-0.1, -0.05) is 12.1 Å². The first-order valence-electron chi connectivity index (χ1n) is 9.32. The largest absolute Gasteiger partial charge is 0.481 e. The molecule has 5 rings (SSSR count). The standard InChI is InChI=1S/C21H21N5OS/c1-27-19-5-4-13(10-24-19)17-7-14-18(28-17)8-15-20(25-26-21(14)15)11-2-3-12(9-22)16(23)6-11/h2-3,5-7,9-10,13,15,21-22,26H,4,8,23H2,1H3. The second-order valence-corrected chi connectivity index (χ2v) is 8.46. The highest BCUT2D eigenvalue weighted by Crippen LogP contribution is 2.46. The number of hydrogen-bond acceptors (Lipinski definition) is 7. The van der Waals surface area contributed by atoms with Crippen LogP contribution in [0.3, 0.4) is 0 Å². The predicted molar refractivity (Wildman–Crippen MR) is 114 cm³/mol. The molecule has 0 saturated heterocycles. The highest BCUT2D eigenvalue weighted by Gasteiger charge is 2.42. The molecule has 6 nitrogen and oxygen atoms in total. The van der Waals surface area contributed by atoms with Gasteiger partial charge in [0.05, 0.1) is 18.9 Å². The van der Waals surface area contributed by atoms with Crippen molar-refractivity contribution in [3.63, 3.8) is 0 Å². The van der Waals surface area contributed by atoms with Crippen molar-refractivity contribution >= 4 is 35.2 Å². The summed E-state index contributed by atoms with van der Waals surface area (Å²) in [6.07, 6.45) is 7.25. The molecular formula is C21H21N5OS. The molecule has 142 valence electrons. The number of ether oxygens (including phenoxy) is 1. The minimum Gasteiger partial charge on any atom is -0.481 e. The van der Waals surface area contributed by atoms with E-state index in [2.05, 4.69) is 27.7 Å². The van der Waals surface area contributed by atoms with Gasteiger partial charge in [0, 0.05) is 50.8 Å². The first-order chi connectivity index (χ1) is 13.7. The maximum atomic E-state index is 7.41. The Kier molecular flexibility index (Phi) is 4.05. The van der Waals surface area contributed by atoms with Gasteiger partial charge in [-0.3, -0.25) is 0 Å². The van der Waals surface area contributed by atoms with Gasteiger partial charge in [0.25, 0.3) is 0 Å². The van der Waals surface area contributed by atoms with Crippen LogP contribution in [0.5, 0.6) is 0 Å². The second kappa shape index (κ2) is 6.60. The minimum atomic E-state index is 0.226. The molecule has 1 aliphatic carbocycles. The Morgan fingerprint density at radius 3 is 2.96 bits per heavy atom. The molecule has 1 aromatic carbocycles. The van der Waals surface area contributed by atoms with Gasteiger partial charge in [0.2, 0.25) is 5.88 Å². The summed E-state index contributed by atoms with van der Waals surface area (Å²) in [5.41, 5.74) is 14.2. The zero-order valence-electron chi connectivity index (χ0n) is 15.5. The Morgan fingerprint density at radius 2 is 2.25 bits per heavy atom. The molecule has 3 aliphatic rings. The van der Waals surface area contributed by atoms with Crippen LogP contribution in [0.2, 0.25) is 0 Å². The first-order valence-corrected chi connectivity index (χ1v) is 10.1. The van der Waals surface area contributed by atoms with Gasteiger partial charge in [-0.2, -0.15) is 5.10 Å². The number of nitrogen functional groups attached to an aromatic ring is 1. The summed E-state index contributed by atoms with van der Waals surface area (Å²) >= 11 is 1.89. The lowest BCUT2D eigenvalue weighted by Gasteiger charge is -2.15. The molecule has 2 aromatic rings. The van der Waals surface area contributed by atoms with Crippen LogP contribution < -0.4 is 11.2 Å². The van der Waals surface area contributed by atoms with Crippen LogP contribution in [0.15, 0.2) is 46.3 Å². The number of rotatable bonds is 4. The van der Waals surface area contributed by atoms with Crippen molar-refractivity contribution in [1.82, 2.24) is 5.43 Å². The van der Waals surface area contributed by atoms with Crippen molar-refractivity contribution in [3.8, 4) is 0 Å². The van der Waals surface area contributed by atoms with Crippen molar-refractivity contribution in [1.29, 1.82) is 5.41 Å². The molecule has 7 heteroatoms. The molecular weight excluding hydrogens is 370 g/mol. The number of aliphatic imine (C=N–C) groups is 1. The maximum Gasteiger partial charge on any atom is 0.208 e. The number of nitrogens with one attached hydrogen (secondary N) is 2. The molecule has 0 amide bonds. The summed E-state index contributed by atoms with van der Waals surface area (Å²) in [5.74, 6) is 1.35. The topological polar surface area (TPSA) is 95.8 Å². The lowest BCUT2D eigenvalue weighted by Crippen LogP contribution is -2.18. The Balaban J connectivity index is 1.36. The van der Waals surface area contributed by atoms with Crippen molar-refractivity contribution < 1.29 is 4.74 Å². The van der Waals surface area contributed by atoms with Crippen molar-refractivity contribution in [3.05, 3.63) is 62.7 Å². The molecule has 2 aliphatic heterocycles. The number of nitrogens with two attached hydrogens (primary N) is 1. The number of anilines is 1. The van der Waals surface area contributed by atoms with Crippen LogP contribution in [-0.4, -0.2) is 25.3 Å². The van der Waals surface area contributed by atoms with Gasteiger partial charge in [-0.05, 0) is 36.6 Å². The fraction of sp³-hybridized carbons (Fsp3) is 0.286. The number of methoxy groups -OCH3 is 1. The second-order valence-electron chi connectivity index (χ2n) is 7.30. The van der Waals surface area contributed by atoms with E-state index in [-0.39, 0.29) is 6.04 Å². The molecule has 1 aromatic heterocycles. The summed E-state index contributed by atoms with van der Waals surface area (Å²) in [5, 5.41) is 12.0. The van der Waals surface area contributed by atoms with Crippen molar-refractivity contribution in [2.45, 2.75) is 24.8 Å². The smallest absolute Gasteiger partial charge is 0.208 e. The van der Waals surface area contributed by atoms with Crippen molar-refractivity contribution in [2.24, 2.45) is 16.0 Å². The fourth-order valence-corrected chi connectivity index (χ4v) is 5.56. The van der Waals surface area contributed by atoms with Gasteiger partial charge >= 0.3 is 0 Å². The fourth-order valence-electron chi connectivity index (χ4n) is 4.21. The molecule has 3 unspecified atom stereocenters. The predicted octanol–water partition coefficient (Wildman–Crippen LogP) is 3.59. The minimum absolute atomic E-state index is 0.226. The van der Waals surface area contributed by atoms with Crippen molar-refractivity contribution in [2.75, 3.05) is 12.8 Å². The summed E-state index contributed by atoms with van der Waals surface area (Å²) < 4.78 is 5.19. The molecule has 0 bridgehead atoms. The van der Waals surface area contributed by atoms with Crippen LogP contribution in [0.25, 0.3) is 0 Å². The molecule has 0 radical (unpaired) electrons. The molecule has 0 fully saturated rings. The first kappa shape index (κ1) is 17.2. The Bertz CT molecular complexity index is 1050. The third-order valence-electron chi connectivity index (χ3n) is 5.72. The average Bonchev–Trinajstić information content (AvgIpc) is 3.39. The van der Waals surface area contributed by atoms with Crippen LogP contribution in [0.1, 0.15) is 44.8 Å². The van der Waals surface area contributed by atoms with E-state index in [4.69, 9.17) is 15.9 Å². The Labute approximate surface area is 167 Å². The van der Waals surface area contributed by atoms with Crippen LogP contribution in [-0.2, 0) is 11.2 Å². The Morgan fingerprint density at radius 1 is 1.36 bits per heavy atom. The number of thiophene rings is 1. The van der Waals surface area contributed by atoms with E-state index in [0.717, 1.165) is 29.7 Å². The molecule has 0 saturated carbocycles. The summed E-state index contributed by atoms with van der Waals surface area (Å²) in [6, 6.07) is 8.38. The molecule has 3 atom stereocenters. The zero-order chi connectivity index (χ0) is 19.3. The Hall–Kier alpha value is -2.93. The lowest BCUT2D eigenvalue weighted by molar-refractivity contribution is 0.285. The molecule has 3 heterocycles. The van der Waals surface area contributed by atoms with Gasteiger partial charge in [0.1, 0.15) is 0 Å². The van der Waals surface area contributed by atoms with Crippen LogP contribution in [0, 0.1) is 11.3 Å². The van der Waals surface area contributed by atoms with Crippen LogP contribution in [0.4, 0.5) is 5.69 Å². The molecule has 0 spiro atoms. The number of allylic oxidation sites excluding steroid dienone is 1. The van der Waals surface area contributed by atoms with E-state index < -0.39 is 0 Å². The maximum absolute atomic E-state index is 7.41. The highest BCUT2D eigenvalue weighted by atomic mass is 32.1. The third-order valence-corrected chi connectivity index (χ3v) is 7.02. The SMILES string of the molecule is COC1=CCC(c2cc3c(s2)CC2C(c4ccc(C=N)c(N)c4)=NNC32)C=N1. The third kappa shape index (κ3) is 2.65. The summed E-state index contributed by atoms with van der Waals surface area (Å²) in [4.78, 5) is 7.17.